The normalized spacial score (nSPS) is 12.7. The summed E-state index contributed by atoms with van der Waals surface area (Å²) >= 11 is 0. The van der Waals surface area contributed by atoms with Gasteiger partial charge in [0.2, 0.25) is 5.82 Å². The number of ether oxygens (including phenoxy) is 1. The lowest BCUT2D eigenvalue weighted by atomic mass is 10.1. The van der Waals surface area contributed by atoms with Crippen LogP contribution in [0.1, 0.15) is 18.5 Å². The number of methoxy groups -OCH3 is 1. The van der Waals surface area contributed by atoms with Crippen LogP contribution in [-0.2, 0) is 0 Å². The van der Waals surface area contributed by atoms with E-state index in [2.05, 4.69) is 4.74 Å². The van der Waals surface area contributed by atoms with Crippen molar-refractivity contribution in [3.05, 3.63) is 29.3 Å². The Hall–Kier alpha value is -1.16. The van der Waals surface area contributed by atoms with E-state index in [0.29, 0.717) is 5.56 Å². The predicted molar refractivity (Wildman–Crippen MR) is 45.5 cm³/mol. The molecule has 0 aromatic heterocycles. The van der Waals surface area contributed by atoms with Crippen molar-refractivity contribution in [3.8, 4) is 5.75 Å². The lowest BCUT2D eigenvalue weighted by Crippen LogP contribution is -2.06. The first-order valence-electron chi connectivity index (χ1n) is 3.84. The Morgan fingerprint density at radius 1 is 1.38 bits per heavy atom. The summed E-state index contributed by atoms with van der Waals surface area (Å²) in [5.74, 6) is -2.04. The summed E-state index contributed by atoms with van der Waals surface area (Å²) in [5.41, 5.74) is 6.02. The third-order valence-electron chi connectivity index (χ3n) is 1.76. The van der Waals surface area contributed by atoms with E-state index < -0.39 is 11.6 Å². The number of hydrogen-bond acceptors (Lipinski definition) is 2. The highest BCUT2D eigenvalue weighted by Crippen LogP contribution is 2.24. The van der Waals surface area contributed by atoms with Crippen LogP contribution in [0.15, 0.2) is 12.1 Å². The number of hydrogen-bond donors (Lipinski definition) is 1. The molecule has 2 N–H and O–H groups in total. The van der Waals surface area contributed by atoms with Crippen LogP contribution in [0.5, 0.6) is 5.75 Å². The molecule has 0 amide bonds. The minimum atomic E-state index is -0.980. The Kier molecular flexibility index (Phi) is 2.83. The van der Waals surface area contributed by atoms with Gasteiger partial charge in [-0.05, 0) is 24.6 Å². The fourth-order valence-corrected chi connectivity index (χ4v) is 0.995. The third-order valence-corrected chi connectivity index (χ3v) is 1.76. The summed E-state index contributed by atoms with van der Waals surface area (Å²) < 4.78 is 30.4. The second-order valence-corrected chi connectivity index (χ2v) is 2.81. The molecular formula is C9H11F2NO. The van der Waals surface area contributed by atoms with Gasteiger partial charge in [0.25, 0.3) is 0 Å². The molecule has 0 radical (unpaired) electrons. The quantitative estimate of drug-likeness (QED) is 0.768. The highest BCUT2D eigenvalue weighted by atomic mass is 19.2. The van der Waals surface area contributed by atoms with Gasteiger partial charge in [-0.3, -0.25) is 0 Å². The lowest BCUT2D eigenvalue weighted by Gasteiger charge is -2.09. The van der Waals surface area contributed by atoms with Gasteiger partial charge in [0.1, 0.15) is 0 Å². The van der Waals surface area contributed by atoms with Gasteiger partial charge in [-0.1, -0.05) is 0 Å². The molecule has 0 spiro atoms. The summed E-state index contributed by atoms with van der Waals surface area (Å²) in [6, 6.07) is 2.12. The maximum Gasteiger partial charge on any atom is 0.200 e. The Morgan fingerprint density at radius 2 is 2.00 bits per heavy atom. The largest absolute Gasteiger partial charge is 0.494 e. The Balaban J connectivity index is 3.22. The van der Waals surface area contributed by atoms with E-state index in [9.17, 15) is 8.78 Å². The van der Waals surface area contributed by atoms with Crippen molar-refractivity contribution in [1.82, 2.24) is 0 Å². The van der Waals surface area contributed by atoms with E-state index in [1.807, 2.05) is 0 Å². The zero-order valence-electron chi connectivity index (χ0n) is 7.47. The second kappa shape index (κ2) is 3.70. The topological polar surface area (TPSA) is 35.2 Å². The fraction of sp³-hybridized carbons (Fsp3) is 0.333. The zero-order valence-corrected chi connectivity index (χ0v) is 7.47. The summed E-state index contributed by atoms with van der Waals surface area (Å²) in [5, 5.41) is 0. The standard InChI is InChI=1S/C9H11F2NO/c1-5(12)6-3-7(10)9(11)8(4-6)13-2/h3-5H,12H2,1-2H3/t5-/m1/s1. The van der Waals surface area contributed by atoms with Gasteiger partial charge in [0.05, 0.1) is 7.11 Å². The molecular weight excluding hydrogens is 176 g/mol. The van der Waals surface area contributed by atoms with Crippen molar-refractivity contribution in [1.29, 1.82) is 0 Å². The van der Waals surface area contributed by atoms with Gasteiger partial charge < -0.3 is 10.5 Å². The Bertz CT molecular complexity index is 313. The van der Waals surface area contributed by atoms with E-state index in [-0.39, 0.29) is 11.8 Å². The predicted octanol–water partition coefficient (Wildman–Crippen LogP) is 1.99. The van der Waals surface area contributed by atoms with Crippen LogP contribution in [0.4, 0.5) is 8.78 Å². The summed E-state index contributed by atoms with van der Waals surface area (Å²) in [6.07, 6.45) is 0. The highest BCUT2D eigenvalue weighted by molar-refractivity contribution is 5.32. The van der Waals surface area contributed by atoms with Crippen LogP contribution in [0, 0.1) is 11.6 Å². The van der Waals surface area contributed by atoms with Crippen LogP contribution in [-0.4, -0.2) is 7.11 Å². The molecule has 1 atom stereocenters. The molecule has 1 rings (SSSR count). The van der Waals surface area contributed by atoms with Gasteiger partial charge in [0.15, 0.2) is 11.6 Å². The molecule has 72 valence electrons. The van der Waals surface area contributed by atoms with Crippen LogP contribution in [0.3, 0.4) is 0 Å². The molecule has 0 aliphatic heterocycles. The molecule has 0 aliphatic carbocycles. The van der Waals surface area contributed by atoms with E-state index >= 15 is 0 Å². The first-order valence-corrected chi connectivity index (χ1v) is 3.84. The van der Waals surface area contributed by atoms with Crippen LogP contribution >= 0.6 is 0 Å². The summed E-state index contributed by atoms with van der Waals surface area (Å²) in [7, 11) is 1.28. The number of halogens is 2. The molecule has 4 heteroatoms. The zero-order chi connectivity index (χ0) is 10.0. The maximum absolute atomic E-state index is 12.9. The van der Waals surface area contributed by atoms with E-state index in [1.54, 1.807) is 6.92 Å². The second-order valence-electron chi connectivity index (χ2n) is 2.81. The van der Waals surface area contributed by atoms with Crippen molar-refractivity contribution in [2.75, 3.05) is 7.11 Å². The van der Waals surface area contributed by atoms with Gasteiger partial charge in [-0.25, -0.2) is 4.39 Å². The summed E-state index contributed by atoms with van der Waals surface area (Å²) in [6.45, 7) is 1.69. The molecule has 0 saturated heterocycles. The van der Waals surface area contributed by atoms with Crippen molar-refractivity contribution < 1.29 is 13.5 Å². The van der Waals surface area contributed by atoms with Crippen molar-refractivity contribution in [3.63, 3.8) is 0 Å². The molecule has 0 unspecified atom stereocenters. The molecule has 0 bridgehead atoms. The average Bonchev–Trinajstić information content (AvgIpc) is 2.09. The monoisotopic (exact) mass is 187 g/mol. The maximum atomic E-state index is 12.9. The van der Waals surface area contributed by atoms with E-state index in [4.69, 9.17) is 5.73 Å². The number of benzene rings is 1. The Morgan fingerprint density at radius 3 is 2.46 bits per heavy atom. The summed E-state index contributed by atoms with van der Waals surface area (Å²) in [4.78, 5) is 0. The first kappa shape index (κ1) is 9.92. The smallest absolute Gasteiger partial charge is 0.200 e. The van der Waals surface area contributed by atoms with Crippen molar-refractivity contribution in [2.45, 2.75) is 13.0 Å². The molecule has 1 aromatic rings. The lowest BCUT2D eigenvalue weighted by molar-refractivity contribution is 0.370. The Labute approximate surface area is 75.3 Å². The molecule has 1 aromatic carbocycles. The van der Waals surface area contributed by atoms with Gasteiger partial charge in [0, 0.05) is 6.04 Å². The number of nitrogens with two attached hydrogens (primary N) is 1. The molecule has 0 saturated carbocycles. The third kappa shape index (κ3) is 1.95. The van der Waals surface area contributed by atoms with E-state index in [1.165, 1.54) is 13.2 Å². The molecule has 13 heavy (non-hydrogen) atoms. The molecule has 0 fully saturated rings. The van der Waals surface area contributed by atoms with Gasteiger partial charge in [-0.15, -0.1) is 0 Å². The molecule has 0 heterocycles. The van der Waals surface area contributed by atoms with Gasteiger partial charge >= 0.3 is 0 Å². The first-order chi connectivity index (χ1) is 6.06. The average molecular weight is 187 g/mol. The fourth-order valence-electron chi connectivity index (χ4n) is 0.995. The van der Waals surface area contributed by atoms with Gasteiger partial charge in [-0.2, -0.15) is 4.39 Å². The van der Waals surface area contributed by atoms with Crippen molar-refractivity contribution >= 4 is 0 Å². The highest BCUT2D eigenvalue weighted by Gasteiger charge is 2.12. The minimum Gasteiger partial charge on any atom is -0.494 e. The SMILES string of the molecule is COc1cc([C@@H](C)N)cc(F)c1F. The van der Waals surface area contributed by atoms with Crippen LogP contribution < -0.4 is 10.5 Å². The number of rotatable bonds is 2. The molecule has 0 aliphatic rings. The van der Waals surface area contributed by atoms with Crippen LogP contribution in [0.2, 0.25) is 0 Å². The molecule has 2 nitrogen and oxygen atoms in total. The van der Waals surface area contributed by atoms with Crippen LogP contribution in [0.25, 0.3) is 0 Å². The van der Waals surface area contributed by atoms with Crippen molar-refractivity contribution in [2.24, 2.45) is 5.73 Å². The van der Waals surface area contributed by atoms with E-state index in [0.717, 1.165) is 6.07 Å². The minimum absolute atomic E-state index is 0.118.